The third kappa shape index (κ3) is 5.81. The second-order valence-electron chi connectivity index (χ2n) is 7.19. The molecule has 1 aromatic heterocycles. The minimum Gasteiger partial charge on any atom is -0.353 e. The number of rotatable bonds is 9. The number of hydroxylamine groups is 1. The van der Waals surface area contributed by atoms with E-state index in [1.807, 2.05) is 6.07 Å². The maximum Gasteiger partial charge on any atom is 0.295 e. The Morgan fingerprint density at radius 3 is 2.53 bits per heavy atom. The van der Waals surface area contributed by atoms with Crippen LogP contribution in [0, 0.1) is 0 Å². The first-order chi connectivity index (χ1) is 15.0. The van der Waals surface area contributed by atoms with Crippen molar-refractivity contribution in [3.63, 3.8) is 0 Å². The summed E-state index contributed by atoms with van der Waals surface area (Å²) >= 11 is 5.93. The molecular weight excluding hydrogens is 473 g/mol. The third-order valence-electron chi connectivity index (χ3n) is 4.75. The fraction of sp³-hybridized carbons (Fsp3) is 0.368. The molecule has 0 bridgehead atoms. The number of hydrogen-bond donors (Lipinski definition) is 2. The Morgan fingerprint density at radius 1 is 1.25 bits per heavy atom. The zero-order valence-corrected chi connectivity index (χ0v) is 18.6. The number of aromatic nitrogens is 1. The number of carbonyl (C=O) groups excluding carboxylic acids is 1. The first-order valence-corrected chi connectivity index (χ1v) is 11.6. The van der Waals surface area contributed by atoms with E-state index in [0.717, 1.165) is 35.2 Å². The molecule has 8 nitrogen and oxygen atoms in total. The van der Waals surface area contributed by atoms with E-state index in [-0.39, 0.29) is 16.4 Å². The summed E-state index contributed by atoms with van der Waals surface area (Å²) in [6.45, 7) is 0. The molecule has 174 valence electrons. The number of anilines is 3. The molecule has 1 amide bonds. The van der Waals surface area contributed by atoms with E-state index in [2.05, 4.69) is 15.1 Å². The summed E-state index contributed by atoms with van der Waals surface area (Å²) < 4.78 is 62.9. The first-order valence-electron chi connectivity index (χ1n) is 9.36. The van der Waals surface area contributed by atoms with Gasteiger partial charge in [0.25, 0.3) is 18.7 Å². The molecule has 0 spiro atoms. The number of alkyl halides is 3. The average molecular weight is 493 g/mol. The van der Waals surface area contributed by atoms with Crippen molar-refractivity contribution in [2.24, 2.45) is 0 Å². The lowest BCUT2D eigenvalue weighted by atomic mass is 10.1. The van der Waals surface area contributed by atoms with Crippen molar-refractivity contribution in [1.29, 1.82) is 0 Å². The predicted octanol–water partition coefficient (Wildman–Crippen LogP) is 3.97. The molecule has 32 heavy (non-hydrogen) atoms. The fourth-order valence-electron chi connectivity index (χ4n) is 2.84. The quantitative estimate of drug-likeness (QED) is 0.406. The molecule has 3 rings (SSSR count). The van der Waals surface area contributed by atoms with Crippen LogP contribution in [0.2, 0.25) is 5.15 Å². The number of halogens is 4. The van der Waals surface area contributed by atoms with Crippen molar-refractivity contribution in [2.45, 2.75) is 31.5 Å². The van der Waals surface area contributed by atoms with Crippen LogP contribution in [0.5, 0.6) is 0 Å². The number of nitrogens with zero attached hydrogens (tertiary/aromatic N) is 2. The lowest BCUT2D eigenvalue weighted by Gasteiger charge is -2.23. The van der Waals surface area contributed by atoms with Gasteiger partial charge in [-0.3, -0.25) is 9.10 Å². The minimum atomic E-state index is -3.61. The van der Waals surface area contributed by atoms with Crippen LogP contribution in [0.1, 0.15) is 34.7 Å². The van der Waals surface area contributed by atoms with E-state index in [1.54, 1.807) is 17.6 Å². The molecule has 0 aliphatic heterocycles. The summed E-state index contributed by atoms with van der Waals surface area (Å²) in [5.41, 5.74) is 3.10. The second-order valence-corrected chi connectivity index (χ2v) is 9.59. The van der Waals surface area contributed by atoms with Crippen LogP contribution in [-0.4, -0.2) is 45.4 Å². The SMILES string of the molecule is CN(c1cc(C2CC2)ccc1Nc1cc(Cl)ncc1C(=O)NOC(F)C(F)F)S(C)(=O)=O. The average Bonchev–Trinajstić information content (AvgIpc) is 3.56. The van der Waals surface area contributed by atoms with Crippen molar-refractivity contribution in [2.75, 3.05) is 22.9 Å². The second kappa shape index (κ2) is 9.51. The maximum absolute atomic E-state index is 13.0. The van der Waals surface area contributed by atoms with Gasteiger partial charge in [-0.2, -0.15) is 0 Å². The van der Waals surface area contributed by atoms with Crippen molar-refractivity contribution >= 4 is 44.6 Å². The zero-order chi connectivity index (χ0) is 23.6. The van der Waals surface area contributed by atoms with Gasteiger partial charge in [0.05, 0.1) is 28.9 Å². The van der Waals surface area contributed by atoms with Crippen molar-refractivity contribution in [3.05, 3.63) is 46.7 Å². The van der Waals surface area contributed by atoms with E-state index in [0.29, 0.717) is 17.3 Å². The van der Waals surface area contributed by atoms with Gasteiger partial charge in [0, 0.05) is 13.2 Å². The van der Waals surface area contributed by atoms with Crippen LogP contribution < -0.4 is 15.1 Å². The minimum absolute atomic E-state index is 0.00599. The number of benzene rings is 1. The van der Waals surface area contributed by atoms with Crippen LogP contribution in [0.25, 0.3) is 0 Å². The van der Waals surface area contributed by atoms with Crippen molar-refractivity contribution < 1.29 is 31.2 Å². The van der Waals surface area contributed by atoms with E-state index in [1.165, 1.54) is 13.1 Å². The first kappa shape index (κ1) is 24.1. The lowest BCUT2D eigenvalue weighted by molar-refractivity contribution is -0.155. The molecule has 1 aliphatic rings. The van der Waals surface area contributed by atoms with Gasteiger partial charge >= 0.3 is 0 Å². The van der Waals surface area contributed by atoms with Gasteiger partial charge in [0.2, 0.25) is 10.0 Å². The van der Waals surface area contributed by atoms with Crippen LogP contribution in [-0.2, 0) is 14.9 Å². The highest BCUT2D eigenvalue weighted by molar-refractivity contribution is 7.92. The lowest BCUT2D eigenvalue weighted by Crippen LogP contribution is -2.31. The van der Waals surface area contributed by atoms with E-state index in [9.17, 15) is 26.4 Å². The number of carbonyl (C=O) groups is 1. The number of nitrogens with one attached hydrogen (secondary N) is 2. The van der Waals surface area contributed by atoms with Gasteiger partial charge < -0.3 is 5.32 Å². The monoisotopic (exact) mass is 492 g/mol. The molecule has 1 aliphatic carbocycles. The summed E-state index contributed by atoms with van der Waals surface area (Å²) in [7, 11) is -2.22. The van der Waals surface area contributed by atoms with E-state index >= 15 is 0 Å². The summed E-state index contributed by atoms with van der Waals surface area (Å²) in [6.07, 6.45) is -2.36. The standard InChI is InChI=1S/C19H20ClF3N4O4S/c1-27(32(2,29)30)15-7-11(10-3-4-10)5-6-13(15)25-14-8-16(20)24-9-12(14)19(28)26-31-18(23)17(21)22/h5-10,17-18H,3-4H2,1-2H3,(H,24,25)(H,26,28). The number of amides is 1. The Hall–Kier alpha value is -2.57. The Labute approximate surface area is 187 Å². The van der Waals surface area contributed by atoms with Crippen LogP contribution in [0.4, 0.5) is 30.2 Å². The molecule has 1 aromatic carbocycles. The summed E-state index contributed by atoms with van der Waals surface area (Å²) in [4.78, 5) is 20.1. The molecule has 0 saturated heterocycles. The molecule has 1 atom stereocenters. The van der Waals surface area contributed by atoms with Gasteiger partial charge in [0.1, 0.15) is 5.15 Å². The van der Waals surface area contributed by atoms with Gasteiger partial charge in [-0.25, -0.2) is 36.9 Å². The predicted molar refractivity (Wildman–Crippen MR) is 114 cm³/mol. The molecule has 2 aromatic rings. The molecule has 0 radical (unpaired) electrons. The highest BCUT2D eigenvalue weighted by Gasteiger charge is 2.27. The molecule has 13 heteroatoms. The smallest absolute Gasteiger partial charge is 0.295 e. The zero-order valence-electron chi connectivity index (χ0n) is 17.0. The normalized spacial score (nSPS) is 14.8. The van der Waals surface area contributed by atoms with Crippen LogP contribution in [0.15, 0.2) is 30.5 Å². The van der Waals surface area contributed by atoms with Gasteiger partial charge in [-0.15, -0.1) is 0 Å². The highest BCUT2D eigenvalue weighted by atomic mass is 35.5. The largest absolute Gasteiger partial charge is 0.353 e. The van der Waals surface area contributed by atoms with Crippen LogP contribution in [0.3, 0.4) is 0 Å². The molecule has 2 N–H and O–H groups in total. The van der Waals surface area contributed by atoms with Gasteiger partial charge in [-0.05, 0) is 42.5 Å². The van der Waals surface area contributed by atoms with Crippen LogP contribution >= 0.6 is 11.6 Å². The van der Waals surface area contributed by atoms with Crippen molar-refractivity contribution in [1.82, 2.24) is 10.5 Å². The summed E-state index contributed by atoms with van der Waals surface area (Å²) in [5.74, 6) is -0.708. The summed E-state index contributed by atoms with van der Waals surface area (Å²) in [5, 5.41) is 2.92. The molecule has 1 unspecified atom stereocenters. The number of pyridine rings is 1. The maximum atomic E-state index is 13.0. The third-order valence-corrected chi connectivity index (χ3v) is 6.15. The molecule has 1 fully saturated rings. The van der Waals surface area contributed by atoms with Gasteiger partial charge in [0.15, 0.2) is 0 Å². The molecule has 1 heterocycles. The Kier molecular flexibility index (Phi) is 7.16. The Balaban J connectivity index is 1.94. The summed E-state index contributed by atoms with van der Waals surface area (Å²) in [6, 6.07) is 6.51. The topological polar surface area (TPSA) is 101 Å². The fourth-order valence-corrected chi connectivity index (χ4v) is 3.51. The van der Waals surface area contributed by atoms with E-state index in [4.69, 9.17) is 11.6 Å². The molecular formula is C19H20ClF3N4O4S. The molecule has 1 saturated carbocycles. The Bertz CT molecular complexity index is 1120. The van der Waals surface area contributed by atoms with Crippen molar-refractivity contribution in [3.8, 4) is 0 Å². The number of sulfonamides is 1. The van der Waals surface area contributed by atoms with E-state index < -0.39 is 28.7 Å². The Morgan fingerprint density at radius 2 is 1.94 bits per heavy atom. The number of hydrogen-bond acceptors (Lipinski definition) is 6. The highest BCUT2D eigenvalue weighted by Crippen LogP contribution is 2.43. The van der Waals surface area contributed by atoms with Gasteiger partial charge in [-0.1, -0.05) is 17.7 Å².